The number of hydrogen-bond donors (Lipinski definition) is 3. The topological polar surface area (TPSA) is 60.7 Å². The van der Waals surface area contributed by atoms with E-state index in [1.54, 1.807) is 6.92 Å². The van der Waals surface area contributed by atoms with Gasteiger partial charge in [-0.15, -0.1) is 0 Å². The molecule has 0 bridgehead atoms. The summed E-state index contributed by atoms with van der Waals surface area (Å²) < 4.78 is 0. The number of rotatable bonds is 2. The van der Waals surface area contributed by atoms with Crippen molar-refractivity contribution in [2.75, 3.05) is 6.61 Å². The van der Waals surface area contributed by atoms with E-state index in [0.717, 1.165) is 32.1 Å². The molecule has 0 aromatic rings. The average molecular weight is 254 g/mol. The maximum atomic E-state index is 10.3. The SMILES string of the molecule is C=C1CC[C@@H](O)[C@]2(C)CC[C@@H]([C@@](C)(O)CO)C[C@@H]12. The molecule has 2 fully saturated rings. The van der Waals surface area contributed by atoms with Crippen molar-refractivity contribution < 1.29 is 15.3 Å². The van der Waals surface area contributed by atoms with Crippen LogP contribution in [0.3, 0.4) is 0 Å². The van der Waals surface area contributed by atoms with Gasteiger partial charge in [-0.1, -0.05) is 19.1 Å². The zero-order chi connectivity index (χ0) is 13.6. The molecular weight excluding hydrogens is 228 g/mol. The van der Waals surface area contributed by atoms with Gasteiger partial charge in [0.2, 0.25) is 0 Å². The normalized spacial score (nSPS) is 44.3. The Labute approximate surface area is 110 Å². The molecule has 5 atom stereocenters. The Morgan fingerprint density at radius 2 is 2.11 bits per heavy atom. The second kappa shape index (κ2) is 4.62. The van der Waals surface area contributed by atoms with Crippen molar-refractivity contribution >= 4 is 0 Å². The maximum Gasteiger partial charge on any atom is 0.0877 e. The summed E-state index contributed by atoms with van der Waals surface area (Å²) >= 11 is 0. The fourth-order valence-corrected chi connectivity index (χ4v) is 3.88. The third-order valence-electron chi connectivity index (χ3n) is 5.54. The summed E-state index contributed by atoms with van der Waals surface area (Å²) in [4.78, 5) is 0. The van der Waals surface area contributed by atoms with E-state index in [1.807, 2.05) is 0 Å². The predicted octanol–water partition coefficient (Wildman–Crippen LogP) is 1.86. The molecule has 0 heterocycles. The van der Waals surface area contributed by atoms with Crippen molar-refractivity contribution in [1.82, 2.24) is 0 Å². The highest BCUT2D eigenvalue weighted by molar-refractivity contribution is 5.15. The minimum absolute atomic E-state index is 0.0859. The number of hydrogen-bond acceptors (Lipinski definition) is 3. The van der Waals surface area contributed by atoms with Gasteiger partial charge in [-0.3, -0.25) is 0 Å². The van der Waals surface area contributed by atoms with Gasteiger partial charge < -0.3 is 15.3 Å². The fraction of sp³-hybridized carbons (Fsp3) is 0.867. The highest BCUT2D eigenvalue weighted by Crippen LogP contribution is 2.54. The Kier molecular flexibility index (Phi) is 3.60. The molecule has 0 amide bonds. The van der Waals surface area contributed by atoms with Crippen molar-refractivity contribution in [3.8, 4) is 0 Å². The lowest BCUT2D eigenvalue weighted by atomic mass is 9.54. The van der Waals surface area contributed by atoms with Gasteiger partial charge >= 0.3 is 0 Å². The van der Waals surface area contributed by atoms with Gasteiger partial charge in [0.15, 0.2) is 0 Å². The predicted molar refractivity (Wildman–Crippen MR) is 71.0 cm³/mol. The van der Waals surface area contributed by atoms with E-state index in [2.05, 4.69) is 13.5 Å². The van der Waals surface area contributed by atoms with Crippen LogP contribution < -0.4 is 0 Å². The van der Waals surface area contributed by atoms with Crippen LogP contribution in [0.5, 0.6) is 0 Å². The molecule has 0 aliphatic heterocycles. The largest absolute Gasteiger partial charge is 0.393 e. The highest BCUT2D eigenvalue weighted by Gasteiger charge is 2.50. The summed E-state index contributed by atoms with van der Waals surface area (Å²) in [7, 11) is 0. The summed E-state index contributed by atoms with van der Waals surface area (Å²) in [6.07, 6.45) is 4.04. The Balaban J connectivity index is 2.19. The first kappa shape index (κ1) is 14.0. The summed E-state index contributed by atoms with van der Waals surface area (Å²) in [5.74, 6) is 0.376. The summed E-state index contributed by atoms with van der Waals surface area (Å²) in [5.41, 5.74) is 0.114. The zero-order valence-corrected chi connectivity index (χ0v) is 11.5. The lowest BCUT2D eigenvalue weighted by molar-refractivity contribution is -0.109. The average Bonchev–Trinajstić information content (AvgIpc) is 2.34. The van der Waals surface area contributed by atoms with Crippen LogP contribution in [0.4, 0.5) is 0 Å². The molecule has 18 heavy (non-hydrogen) atoms. The van der Waals surface area contributed by atoms with Crippen LogP contribution >= 0.6 is 0 Å². The Bertz CT molecular complexity index is 337. The zero-order valence-electron chi connectivity index (χ0n) is 11.5. The van der Waals surface area contributed by atoms with Gasteiger partial charge in [0, 0.05) is 5.41 Å². The molecule has 0 saturated heterocycles. The van der Waals surface area contributed by atoms with Crippen molar-refractivity contribution in [2.45, 2.75) is 57.7 Å². The minimum Gasteiger partial charge on any atom is -0.393 e. The first-order chi connectivity index (χ1) is 8.31. The van der Waals surface area contributed by atoms with Crippen LogP contribution in [0.25, 0.3) is 0 Å². The lowest BCUT2D eigenvalue weighted by Gasteiger charge is -2.53. The second-order valence-electron chi connectivity index (χ2n) is 6.76. The van der Waals surface area contributed by atoms with Crippen LogP contribution in [0.2, 0.25) is 0 Å². The smallest absolute Gasteiger partial charge is 0.0877 e. The van der Waals surface area contributed by atoms with E-state index >= 15 is 0 Å². The Morgan fingerprint density at radius 1 is 1.44 bits per heavy atom. The van der Waals surface area contributed by atoms with Crippen LogP contribution in [0.1, 0.15) is 46.0 Å². The molecule has 2 saturated carbocycles. The molecule has 0 spiro atoms. The van der Waals surface area contributed by atoms with Gasteiger partial charge in [-0.25, -0.2) is 0 Å². The van der Waals surface area contributed by atoms with E-state index < -0.39 is 5.60 Å². The van der Waals surface area contributed by atoms with E-state index in [9.17, 15) is 15.3 Å². The first-order valence-electron chi connectivity index (χ1n) is 7.00. The monoisotopic (exact) mass is 254 g/mol. The summed E-state index contributed by atoms with van der Waals surface area (Å²) in [5, 5.41) is 29.8. The fourth-order valence-electron chi connectivity index (χ4n) is 3.88. The van der Waals surface area contributed by atoms with Gasteiger partial charge in [0.1, 0.15) is 0 Å². The third kappa shape index (κ3) is 2.13. The molecular formula is C15H26O3. The van der Waals surface area contributed by atoms with Crippen molar-refractivity contribution in [2.24, 2.45) is 17.3 Å². The second-order valence-corrected chi connectivity index (χ2v) is 6.76. The molecule has 0 unspecified atom stereocenters. The van der Waals surface area contributed by atoms with Crippen molar-refractivity contribution in [3.05, 3.63) is 12.2 Å². The molecule has 2 rings (SSSR count). The molecule has 3 nitrogen and oxygen atoms in total. The molecule has 2 aliphatic rings. The maximum absolute atomic E-state index is 10.3. The highest BCUT2D eigenvalue weighted by atomic mass is 16.3. The van der Waals surface area contributed by atoms with E-state index in [1.165, 1.54) is 5.57 Å². The van der Waals surface area contributed by atoms with E-state index in [-0.39, 0.29) is 30.0 Å². The Morgan fingerprint density at radius 3 is 2.72 bits per heavy atom. The summed E-state index contributed by atoms with van der Waals surface area (Å²) in [6, 6.07) is 0. The summed E-state index contributed by atoms with van der Waals surface area (Å²) in [6.45, 7) is 7.83. The van der Waals surface area contributed by atoms with Gasteiger partial charge in [-0.05, 0) is 50.9 Å². The molecule has 0 radical (unpaired) electrons. The van der Waals surface area contributed by atoms with Crippen molar-refractivity contribution in [3.63, 3.8) is 0 Å². The number of aliphatic hydroxyl groups excluding tert-OH is 2. The van der Waals surface area contributed by atoms with Gasteiger partial charge in [0.25, 0.3) is 0 Å². The molecule has 0 aromatic heterocycles. The number of fused-ring (bicyclic) bond motifs is 1. The minimum atomic E-state index is -1.01. The molecule has 0 aromatic carbocycles. The van der Waals surface area contributed by atoms with Crippen LogP contribution in [-0.2, 0) is 0 Å². The Hall–Kier alpha value is -0.380. The third-order valence-corrected chi connectivity index (χ3v) is 5.54. The van der Waals surface area contributed by atoms with E-state index in [4.69, 9.17) is 0 Å². The quantitative estimate of drug-likeness (QED) is 0.659. The first-order valence-corrected chi connectivity index (χ1v) is 7.00. The molecule has 2 aliphatic carbocycles. The van der Waals surface area contributed by atoms with Gasteiger partial charge in [-0.2, -0.15) is 0 Å². The van der Waals surface area contributed by atoms with Crippen molar-refractivity contribution in [1.29, 1.82) is 0 Å². The molecule has 3 heteroatoms. The number of aliphatic hydroxyl groups is 3. The van der Waals surface area contributed by atoms with Gasteiger partial charge in [0.05, 0.1) is 18.3 Å². The van der Waals surface area contributed by atoms with E-state index in [0.29, 0.717) is 0 Å². The molecule has 104 valence electrons. The lowest BCUT2D eigenvalue weighted by Crippen LogP contribution is -2.51. The van der Waals surface area contributed by atoms with Crippen LogP contribution in [0, 0.1) is 17.3 Å². The van der Waals surface area contributed by atoms with Crippen LogP contribution in [0.15, 0.2) is 12.2 Å². The van der Waals surface area contributed by atoms with Crippen LogP contribution in [-0.4, -0.2) is 33.6 Å². The standard InChI is InChI=1S/C15H26O3/c1-10-4-5-13(17)14(2)7-6-11(8-12(10)14)15(3,18)9-16/h11-13,16-18H,1,4-9H2,2-3H3/t11-,12+,13-,14-,15+/m1/s1. The number of allylic oxidation sites excluding steroid dienone is 1. The molecule has 3 N–H and O–H groups in total.